The van der Waals surface area contributed by atoms with Gasteiger partial charge in [-0.15, -0.1) is 0 Å². The van der Waals surface area contributed by atoms with E-state index in [0.29, 0.717) is 13.2 Å². The molecule has 432 valence electrons. The zero-order valence-electron chi connectivity index (χ0n) is 52.3. The molecule has 0 saturated heterocycles. The van der Waals surface area contributed by atoms with Crippen LogP contribution in [0.4, 0.5) is 51.2 Å². The van der Waals surface area contributed by atoms with Crippen molar-refractivity contribution in [3.63, 3.8) is 0 Å². The SMILES string of the molecule is CC(C)(C)c1ccc(N2c3ccc(C(C)(C)C)cc3B3c4cc5c(cc4N(c4ccc(C(C)(C)C)cc4)c4cc(N(c6ccc7c(c6)C(C)(C)c6ccc8ccccc8c6-7)c6ccc7cc(-c8cc9ccccc9o8)ccc7c6)cc2c43)OCCO5)cc1. The number of hydrogen-bond donors (Lipinski definition) is 0. The summed E-state index contributed by atoms with van der Waals surface area (Å²) in [6.07, 6.45) is 0. The van der Waals surface area contributed by atoms with E-state index in [0.717, 1.165) is 95.8 Å². The number of hydrogen-bond acceptors (Lipinski definition) is 6. The number of rotatable bonds is 6. The van der Waals surface area contributed by atoms with Crippen LogP contribution in [-0.2, 0) is 21.7 Å². The summed E-state index contributed by atoms with van der Waals surface area (Å²) < 4.78 is 19.6. The molecule has 0 amide bonds. The summed E-state index contributed by atoms with van der Waals surface area (Å²) in [6.45, 7) is 26.4. The third-order valence-corrected chi connectivity index (χ3v) is 19.4. The quantitative estimate of drug-likeness (QED) is 0.155. The molecule has 11 aromatic carbocycles. The first-order valence-corrected chi connectivity index (χ1v) is 31.3. The van der Waals surface area contributed by atoms with Crippen molar-refractivity contribution >= 4 is 107 Å². The Kier molecular flexibility index (Phi) is 11.8. The van der Waals surface area contributed by atoms with Crippen molar-refractivity contribution in [3.05, 3.63) is 240 Å². The van der Waals surface area contributed by atoms with Crippen molar-refractivity contribution in [3.8, 4) is 33.9 Å². The van der Waals surface area contributed by atoms with Gasteiger partial charge >= 0.3 is 0 Å². The highest BCUT2D eigenvalue weighted by molar-refractivity contribution is 7.00. The zero-order chi connectivity index (χ0) is 60.3. The van der Waals surface area contributed by atoms with Gasteiger partial charge in [0.1, 0.15) is 24.6 Å². The molecule has 0 bridgehead atoms. The Balaban J connectivity index is 0.990. The van der Waals surface area contributed by atoms with Crippen LogP contribution >= 0.6 is 0 Å². The highest BCUT2D eigenvalue weighted by atomic mass is 16.6. The summed E-state index contributed by atoms with van der Waals surface area (Å²) in [5, 5.41) is 5.90. The summed E-state index contributed by atoms with van der Waals surface area (Å²) in [4.78, 5) is 7.60. The molecule has 16 rings (SSSR count). The highest BCUT2D eigenvalue weighted by Gasteiger charge is 2.46. The molecule has 7 heteroatoms. The Hall–Kier alpha value is -9.46. The zero-order valence-corrected chi connectivity index (χ0v) is 52.3. The first-order chi connectivity index (χ1) is 42.2. The lowest BCUT2D eigenvalue weighted by atomic mass is 9.33. The Bertz CT molecular complexity index is 4830. The van der Waals surface area contributed by atoms with Crippen molar-refractivity contribution in [2.45, 2.75) is 97.8 Å². The molecule has 0 radical (unpaired) electrons. The lowest BCUT2D eigenvalue weighted by Gasteiger charge is -2.45. The van der Waals surface area contributed by atoms with Crippen LogP contribution < -0.4 is 40.6 Å². The Morgan fingerprint density at radius 1 is 0.432 bits per heavy atom. The fraction of sp³-hybridized carbons (Fsp3) is 0.210. The van der Waals surface area contributed by atoms with E-state index in [1.54, 1.807) is 0 Å². The maximum atomic E-state index is 6.56. The molecule has 3 aliphatic heterocycles. The minimum Gasteiger partial charge on any atom is -0.486 e. The summed E-state index contributed by atoms with van der Waals surface area (Å²) in [5.74, 6) is 2.40. The van der Waals surface area contributed by atoms with Crippen molar-refractivity contribution < 1.29 is 13.9 Å². The Labute approximate surface area is 517 Å². The van der Waals surface area contributed by atoms with Gasteiger partial charge in [0.25, 0.3) is 6.71 Å². The number of ether oxygens (including phenoxy) is 2. The van der Waals surface area contributed by atoms with Gasteiger partial charge in [-0.25, -0.2) is 0 Å². The van der Waals surface area contributed by atoms with E-state index >= 15 is 0 Å². The number of furan rings is 1. The second-order valence-electron chi connectivity index (χ2n) is 28.5. The molecule has 1 aromatic heterocycles. The van der Waals surface area contributed by atoms with Crippen LogP contribution in [-0.4, -0.2) is 19.9 Å². The minimum absolute atomic E-state index is 0.0317. The van der Waals surface area contributed by atoms with Crippen molar-refractivity contribution in [1.82, 2.24) is 0 Å². The molecule has 0 atom stereocenters. The summed E-state index contributed by atoms with van der Waals surface area (Å²) in [7, 11) is 0. The molecule has 0 N–H and O–H groups in total. The van der Waals surface area contributed by atoms with Crippen LogP contribution in [0.1, 0.15) is 104 Å². The van der Waals surface area contributed by atoms with Crippen molar-refractivity contribution in [2.75, 3.05) is 27.9 Å². The molecule has 4 heterocycles. The monoisotopic (exact) mass is 1150 g/mol. The predicted octanol–water partition coefficient (Wildman–Crippen LogP) is 19.9. The Morgan fingerprint density at radius 3 is 1.68 bits per heavy atom. The molecular weight excluding hydrogens is 1070 g/mol. The van der Waals surface area contributed by atoms with Crippen LogP contribution in [0.2, 0.25) is 0 Å². The first kappa shape index (κ1) is 54.0. The summed E-state index contributed by atoms with van der Waals surface area (Å²) in [5.41, 5.74) is 24.1. The average molecular weight is 1150 g/mol. The summed E-state index contributed by atoms with van der Waals surface area (Å²) >= 11 is 0. The maximum Gasteiger partial charge on any atom is 0.252 e. The predicted molar refractivity (Wildman–Crippen MR) is 370 cm³/mol. The first-order valence-electron chi connectivity index (χ1n) is 31.3. The fourth-order valence-electron chi connectivity index (χ4n) is 14.6. The fourth-order valence-corrected chi connectivity index (χ4v) is 14.6. The number of nitrogens with zero attached hydrogens (tertiary/aromatic N) is 3. The van der Waals surface area contributed by atoms with Crippen LogP contribution in [0.25, 0.3) is 55.0 Å². The second-order valence-corrected chi connectivity index (χ2v) is 28.5. The molecule has 6 nitrogen and oxygen atoms in total. The minimum atomic E-state index is -0.280. The van der Waals surface area contributed by atoms with Gasteiger partial charge in [-0.3, -0.25) is 0 Å². The van der Waals surface area contributed by atoms with E-state index in [1.807, 2.05) is 12.1 Å². The topological polar surface area (TPSA) is 41.3 Å². The molecule has 0 spiro atoms. The number of benzene rings is 11. The smallest absolute Gasteiger partial charge is 0.252 e. The van der Waals surface area contributed by atoms with E-state index in [4.69, 9.17) is 13.9 Å². The van der Waals surface area contributed by atoms with Crippen LogP contribution in [0.15, 0.2) is 217 Å². The molecule has 0 unspecified atom stereocenters. The van der Waals surface area contributed by atoms with Crippen LogP contribution in [0, 0.1) is 0 Å². The van der Waals surface area contributed by atoms with Crippen molar-refractivity contribution in [1.29, 1.82) is 0 Å². The van der Waals surface area contributed by atoms with Gasteiger partial charge in [0, 0.05) is 67.9 Å². The van der Waals surface area contributed by atoms with E-state index in [-0.39, 0.29) is 28.4 Å². The normalized spacial score (nSPS) is 14.6. The Morgan fingerprint density at radius 2 is 1.00 bits per heavy atom. The van der Waals surface area contributed by atoms with E-state index in [1.165, 1.54) is 66.1 Å². The van der Waals surface area contributed by atoms with Crippen LogP contribution in [0.3, 0.4) is 0 Å². The molecule has 0 saturated carbocycles. The largest absolute Gasteiger partial charge is 0.486 e. The standard InChI is InChI=1S/C81H72BN3O3/c1-78(2,3)54-24-30-57(31-25-54)84-68-37-28-56(80(7,8)9)43-66(68)82-67-47-74-75(87-39-38-86-74)48-69(67)85(58-32-26-55(27-33-58)79(4,5)6)71-46-61(45-70(84)77(71)82)83(59-29-22-50-40-53(21-20-51(50)41-59)73-42-52-17-13-15-19-72(52)88-73)60-34-35-63-65(44-60)81(10,11)64-36-23-49-16-12-14-18-62(49)76(63)64/h12-37,40-48H,38-39H2,1-11H3. The third-order valence-electron chi connectivity index (χ3n) is 19.4. The third kappa shape index (κ3) is 8.51. The molecule has 1 aliphatic carbocycles. The lowest BCUT2D eigenvalue weighted by molar-refractivity contribution is 0.172. The van der Waals surface area contributed by atoms with Gasteiger partial charge in [0.05, 0.1) is 5.69 Å². The number of fused-ring (bicyclic) bond motifs is 12. The molecule has 12 aromatic rings. The van der Waals surface area contributed by atoms with Crippen LogP contribution in [0.5, 0.6) is 11.5 Å². The molecule has 4 aliphatic rings. The van der Waals surface area contributed by atoms with Gasteiger partial charge < -0.3 is 28.6 Å². The molecule has 0 fully saturated rings. The molecular formula is C81H72BN3O3. The van der Waals surface area contributed by atoms with Gasteiger partial charge in [-0.05, 0) is 184 Å². The lowest BCUT2D eigenvalue weighted by Crippen LogP contribution is -2.61. The van der Waals surface area contributed by atoms with Gasteiger partial charge in [-0.2, -0.15) is 0 Å². The van der Waals surface area contributed by atoms with E-state index in [9.17, 15) is 0 Å². The van der Waals surface area contributed by atoms with E-state index in [2.05, 4.69) is 291 Å². The highest BCUT2D eigenvalue weighted by Crippen LogP contribution is 2.55. The van der Waals surface area contributed by atoms with Crippen molar-refractivity contribution in [2.24, 2.45) is 0 Å². The van der Waals surface area contributed by atoms with Gasteiger partial charge in [0.2, 0.25) is 0 Å². The molecule has 88 heavy (non-hydrogen) atoms. The van der Waals surface area contributed by atoms with E-state index < -0.39 is 0 Å². The second kappa shape index (κ2) is 19.3. The number of anilines is 9. The van der Waals surface area contributed by atoms with Gasteiger partial charge in [0.15, 0.2) is 11.5 Å². The maximum absolute atomic E-state index is 6.56. The van der Waals surface area contributed by atoms with Gasteiger partial charge in [-0.1, -0.05) is 191 Å². The summed E-state index contributed by atoms with van der Waals surface area (Å²) in [6, 6.07) is 80.3. The number of para-hydroxylation sites is 1. The average Bonchev–Trinajstić information content (AvgIpc) is 0.741.